The fourth-order valence-corrected chi connectivity index (χ4v) is 1.50. The van der Waals surface area contributed by atoms with Gasteiger partial charge in [-0.05, 0) is 5.56 Å². The van der Waals surface area contributed by atoms with E-state index in [4.69, 9.17) is 0 Å². The van der Waals surface area contributed by atoms with Gasteiger partial charge in [0.1, 0.15) is 0 Å². The quantitative estimate of drug-likeness (QED) is 0.490. The SMILES string of the molecule is BN1Cc2ccccc2C1=C. The summed E-state index contributed by atoms with van der Waals surface area (Å²) in [7, 11) is 2.07. The highest BCUT2D eigenvalue weighted by atomic mass is 15.1. The second-order valence-corrected chi connectivity index (χ2v) is 2.96. The second-order valence-electron chi connectivity index (χ2n) is 2.96. The maximum atomic E-state index is 4.00. The minimum Gasteiger partial charge on any atom is -0.418 e. The van der Waals surface area contributed by atoms with E-state index in [9.17, 15) is 0 Å². The maximum absolute atomic E-state index is 4.00. The number of benzene rings is 1. The van der Waals surface area contributed by atoms with E-state index in [1.165, 1.54) is 11.1 Å². The minimum atomic E-state index is 1.01. The number of hydrogen-bond acceptors (Lipinski definition) is 1. The van der Waals surface area contributed by atoms with Crippen LogP contribution in [0.25, 0.3) is 5.70 Å². The molecule has 0 N–H and O–H groups in total. The fourth-order valence-electron chi connectivity index (χ4n) is 1.50. The Hall–Kier alpha value is -1.18. The lowest BCUT2D eigenvalue weighted by Gasteiger charge is -2.10. The third-order valence-electron chi connectivity index (χ3n) is 2.20. The van der Waals surface area contributed by atoms with Crippen molar-refractivity contribution in [2.45, 2.75) is 6.54 Å². The summed E-state index contributed by atoms with van der Waals surface area (Å²) in [4.78, 5) is 2.17. The third-order valence-corrected chi connectivity index (χ3v) is 2.20. The Morgan fingerprint density at radius 1 is 1.36 bits per heavy atom. The van der Waals surface area contributed by atoms with Gasteiger partial charge in [-0.3, -0.25) is 0 Å². The van der Waals surface area contributed by atoms with Crippen LogP contribution in [0.5, 0.6) is 0 Å². The van der Waals surface area contributed by atoms with Gasteiger partial charge in [-0.2, -0.15) is 0 Å². The predicted molar refractivity (Wildman–Crippen MR) is 49.6 cm³/mol. The van der Waals surface area contributed by atoms with Gasteiger partial charge in [0.2, 0.25) is 7.98 Å². The van der Waals surface area contributed by atoms with Gasteiger partial charge in [0.25, 0.3) is 0 Å². The molecule has 1 nitrogen and oxygen atoms in total. The first-order valence-corrected chi connectivity index (χ1v) is 3.77. The van der Waals surface area contributed by atoms with Gasteiger partial charge in [-0.25, -0.2) is 0 Å². The smallest absolute Gasteiger partial charge is 0.217 e. The summed E-state index contributed by atoms with van der Waals surface area (Å²) in [6.45, 7) is 5.01. The average Bonchev–Trinajstić information content (AvgIpc) is 2.30. The van der Waals surface area contributed by atoms with E-state index < -0.39 is 0 Å². The molecule has 0 saturated carbocycles. The zero-order valence-electron chi connectivity index (χ0n) is 6.67. The predicted octanol–water partition coefficient (Wildman–Crippen LogP) is 1.02. The molecular weight excluding hydrogens is 133 g/mol. The Morgan fingerprint density at radius 2 is 2.09 bits per heavy atom. The molecule has 2 rings (SSSR count). The number of hydrogen-bond donors (Lipinski definition) is 0. The normalized spacial score (nSPS) is 15.3. The van der Waals surface area contributed by atoms with Crippen LogP contribution in [0.15, 0.2) is 30.8 Å². The molecule has 0 aromatic heterocycles. The molecule has 0 amide bonds. The van der Waals surface area contributed by atoms with Crippen LogP contribution in [0.4, 0.5) is 0 Å². The third kappa shape index (κ3) is 0.863. The molecule has 0 saturated heterocycles. The van der Waals surface area contributed by atoms with E-state index in [-0.39, 0.29) is 0 Å². The molecule has 0 radical (unpaired) electrons. The van der Waals surface area contributed by atoms with Crippen LogP contribution in [0.2, 0.25) is 0 Å². The van der Waals surface area contributed by atoms with Gasteiger partial charge in [0, 0.05) is 17.8 Å². The number of nitrogens with zero attached hydrogens (tertiary/aromatic N) is 1. The highest BCUT2D eigenvalue weighted by molar-refractivity contribution is 6.10. The first kappa shape index (κ1) is 6.53. The zero-order valence-corrected chi connectivity index (χ0v) is 6.67. The molecule has 11 heavy (non-hydrogen) atoms. The standard InChI is InChI=1S/C9H10BN/c1-7-9-5-3-2-4-8(9)6-11(7)10/h2-5H,1,6,10H2. The van der Waals surface area contributed by atoms with E-state index in [2.05, 4.69) is 43.6 Å². The number of rotatable bonds is 0. The van der Waals surface area contributed by atoms with Gasteiger partial charge in [-0.1, -0.05) is 30.8 Å². The molecule has 1 aromatic carbocycles. The molecule has 0 unspecified atom stereocenters. The Morgan fingerprint density at radius 3 is 2.82 bits per heavy atom. The van der Waals surface area contributed by atoms with E-state index in [1.54, 1.807) is 0 Å². The van der Waals surface area contributed by atoms with E-state index >= 15 is 0 Å². The molecule has 1 aliphatic rings. The lowest BCUT2D eigenvalue weighted by molar-refractivity contribution is 0.659. The Labute approximate surface area is 67.8 Å². The lowest BCUT2D eigenvalue weighted by atomic mass is 10.1. The van der Waals surface area contributed by atoms with Gasteiger partial charge in [0.15, 0.2) is 0 Å². The summed E-state index contributed by atoms with van der Waals surface area (Å²) in [6, 6.07) is 8.42. The van der Waals surface area contributed by atoms with E-state index in [0.717, 1.165) is 12.2 Å². The molecule has 0 aliphatic carbocycles. The van der Waals surface area contributed by atoms with Gasteiger partial charge in [-0.15, -0.1) is 0 Å². The highest BCUT2D eigenvalue weighted by Gasteiger charge is 2.16. The molecule has 1 aromatic rings. The van der Waals surface area contributed by atoms with Crippen LogP contribution >= 0.6 is 0 Å². The minimum absolute atomic E-state index is 1.01. The van der Waals surface area contributed by atoms with Crippen LogP contribution < -0.4 is 0 Å². The van der Waals surface area contributed by atoms with Crippen molar-refractivity contribution in [3.8, 4) is 0 Å². The zero-order chi connectivity index (χ0) is 7.84. The van der Waals surface area contributed by atoms with Gasteiger partial charge < -0.3 is 4.81 Å². The van der Waals surface area contributed by atoms with E-state index in [0.29, 0.717) is 0 Å². The molecule has 1 aliphatic heterocycles. The first-order valence-electron chi connectivity index (χ1n) is 3.77. The second kappa shape index (κ2) is 2.16. The highest BCUT2D eigenvalue weighted by Crippen LogP contribution is 2.28. The lowest BCUT2D eigenvalue weighted by Crippen LogP contribution is -2.08. The molecule has 1 heterocycles. The van der Waals surface area contributed by atoms with Crippen molar-refractivity contribution < 1.29 is 0 Å². The van der Waals surface area contributed by atoms with Crippen molar-refractivity contribution in [1.82, 2.24) is 4.81 Å². The summed E-state index contributed by atoms with van der Waals surface area (Å²) < 4.78 is 0. The molecule has 0 spiro atoms. The summed E-state index contributed by atoms with van der Waals surface area (Å²) in [5.41, 5.74) is 3.83. The summed E-state index contributed by atoms with van der Waals surface area (Å²) in [5, 5.41) is 0. The van der Waals surface area contributed by atoms with Gasteiger partial charge in [0.05, 0.1) is 0 Å². The van der Waals surface area contributed by atoms with Crippen LogP contribution in [-0.4, -0.2) is 12.8 Å². The molecule has 0 bridgehead atoms. The Kier molecular flexibility index (Phi) is 1.28. The molecule has 2 heteroatoms. The molecule has 0 atom stereocenters. The summed E-state index contributed by atoms with van der Waals surface area (Å²) >= 11 is 0. The average molecular weight is 143 g/mol. The van der Waals surface area contributed by atoms with Crippen LogP contribution in [0.1, 0.15) is 11.1 Å². The van der Waals surface area contributed by atoms with Crippen molar-refractivity contribution in [3.05, 3.63) is 42.0 Å². The van der Waals surface area contributed by atoms with Crippen molar-refractivity contribution in [2.24, 2.45) is 0 Å². The maximum Gasteiger partial charge on any atom is 0.217 e. The van der Waals surface area contributed by atoms with Gasteiger partial charge >= 0.3 is 0 Å². The van der Waals surface area contributed by atoms with Crippen molar-refractivity contribution in [2.75, 3.05) is 0 Å². The summed E-state index contributed by atoms with van der Waals surface area (Å²) in [5.74, 6) is 0. The topological polar surface area (TPSA) is 3.24 Å². The Bertz CT molecular complexity index is 306. The van der Waals surface area contributed by atoms with Crippen molar-refractivity contribution in [3.63, 3.8) is 0 Å². The fraction of sp³-hybridized carbons (Fsp3) is 0.111. The van der Waals surface area contributed by atoms with Crippen LogP contribution in [-0.2, 0) is 6.54 Å². The van der Waals surface area contributed by atoms with Crippen molar-refractivity contribution in [1.29, 1.82) is 0 Å². The first-order chi connectivity index (χ1) is 5.29. The molecule has 0 fully saturated rings. The van der Waals surface area contributed by atoms with Crippen LogP contribution in [0, 0.1) is 0 Å². The van der Waals surface area contributed by atoms with E-state index in [1.807, 2.05) is 0 Å². The molecule has 54 valence electrons. The van der Waals surface area contributed by atoms with Crippen LogP contribution in [0.3, 0.4) is 0 Å². The Balaban J connectivity index is 2.55. The monoisotopic (exact) mass is 143 g/mol. The molecular formula is C9H10BN. The van der Waals surface area contributed by atoms with Crippen molar-refractivity contribution >= 4 is 13.7 Å². The summed E-state index contributed by atoms with van der Waals surface area (Å²) in [6.07, 6.45) is 0. The largest absolute Gasteiger partial charge is 0.418 e. The number of fused-ring (bicyclic) bond motifs is 1.